The molecule has 154 valence electrons. The molecule has 0 spiro atoms. The lowest BCUT2D eigenvalue weighted by molar-refractivity contribution is -0.117. The van der Waals surface area contributed by atoms with Crippen molar-refractivity contribution in [1.82, 2.24) is 4.98 Å². The van der Waals surface area contributed by atoms with E-state index in [-0.39, 0.29) is 11.3 Å². The van der Waals surface area contributed by atoms with Crippen molar-refractivity contribution in [3.05, 3.63) is 89.6 Å². The maximum absolute atomic E-state index is 13.2. The summed E-state index contributed by atoms with van der Waals surface area (Å²) < 4.78 is 11.3. The number of rotatable bonds is 5. The third-order valence-corrected chi connectivity index (χ3v) is 6.12. The van der Waals surface area contributed by atoms with Crippen molar-refractivity contribution < 1.29 is 23.8 Å². The number of aromatic nitrogens is 1. The van der Waals surface area contributed by atoms with Crippen LogP contribution in [0.5, 0.6) is 5.75 Å². The molecule has 1 unspecified atom stereocenters. The number of Topliss-reactive ketones (excluding diaryl/α,β-unsaturated/α-hetero) is 1. The Kier molecular flexibility index (Phi) is 4.56. The van der Waals surface area contributed by atoms with Crippen LogP contribution < -0.4 is 9.64 Å². The van der Waals surface area contributed by atoms with Gasteiger partial charge in [0.2, 0.25) is 5.78 Å². The summed E-state index contributed by atoms with van der Waals surface area (Å²) in [7, 11) is 1.58. The molecular formula is C23H16N2O5S. The molecule has 31 heavy (non-hydrogen) atoms. The van der Waals surface area contributed by atoms with Crippen LogP contribution in [0.4, 0.5) is 5.13 Å². The first kappa shape index (κ1) is 19.1. The van der Waals surface area contributed by atoms with Gasteiger partial charge in [-0.15, -0.1) is 0 Å². The van der Waals surface area contributed by atoms with E-state index in [0.29, 0.717) is 22.0 Å². The van der Waals surface area contributed by atoms with Gasteiger partial charge in [-0.2, -0.15) is 0 Å². The number of ketones is 1. The minimum absolute atomic E-state index is 0.0389. The first-order chi connectivity index (χ1) is 15.1. The van der Waals surface area contributed by atoms with Gasteiger partial charge < -0.3 is 14.3 Å². The number of ether oxygens (including phenoxy) is 1. The van der Waals surface area contributed by atoms with Crippen LogP contribution in [0.2, 0.25) is 0 Å². The second-order valence-corrected chi connectivity index (χ2v) is 7.90. The number of benzene rings is 2. The van der Waals surface area contributed by atoms with Crippen molar-refractivity contribution in [1.29, 1.82) is 0 Å². The second kappa shape index (κ2) is 7.41. The number of carbonyl (C=O) groups excluding carboxylic acids is 2. The van der Waals surface area contributed by atoms with Crippen molar-refractivity contribution in [2.24, 2.45) is 0 Å². The van der Waals surface area contributed by atoms with E-state index in [4.69, 9.17) is 9.15 Å². The van der Waals surface area contributed by atoms with E-state index >= 15 is 0 Å². The van der Waals surface area contributed by atoms with E-state index in [1.165, 1.54) is 28.6 Å². The minimum atomic E-state index is -0.839. The predicted octanol–water partition coefficient (Wildman–Crippen LogP) is 4.68. The fourth-order valence-corrected chi connectivity index (χ4v) is 4.67. The van der Waals surface area contributed by atoms with Gasteiger partial charge in [-0.1, -0.05) is 41.7 Å². The van der Waals surface area contributed by atoms with E-state index in [9.17, 15) is 14.7 Å². The number of carbonyl (C=O) groups is 2. The summed E-state index contributed by atoms with van der Waals surface area (Å²) >= 11 is 1.28. The van der Waals surface area contributed by atoms with Crippen molar-refractivity contribution in [2.45, 2.75) is 6.04 Å². The van der Waals surface area contributed by atoms with Crippen LogP contribution in [0.25, 0.3) is 10.2 Å². The third kappa shape index (κ3) is 3.08. The molecule has 1 atom stereocenters. The Morgan fingerprint density at radius 2 is 1.97 bits per heavy atom. The highest BCUT2D eigenvalue weighted by molar-refractivity contribution is 7.22. The number of furan rings is 1. The van der Waals surface area contributed by atoms with Gasteiger partial charge >= 0.3 is 0 Å². The van der Waals surface area contributed by atoms with E-state index in [2.05, 4.69) is 4.98 Å². The number of aliphatic hydroxyl groups is 1. The molecule has 3 heterocycles. The number of hydrogen-bond donors (Lipinski definition) is 1. The molecule has 0 bridgehead atoms. The molecule has 1 N–H and O–H groups in total. The highest BCUT2D eigenvalue weighted by Gasteiger charge is 2.46. The maximum atomic E-state index is 13.2. The van der Waals surface area contributed by atoms with Crippen LogP contribution in [0.3, 0.4) is 0 Å². The number of nitrogens with zero attached hydrogens (tertiary/aromatic N) is 2. The SMILES string of the molecule is COc1ccc2nc(N3C(=O)C(O)=C(C(=O)c4ccco4)C3c3ccccc3)sc2c1. The Morgan fingerprint density at radius 1 is 1.16 bits per heavy atom. The smallest absolute Gasteiger partial charge is 0.296 e. The molecule has 1 amide bonds. The average Bonchev–Trinajstić information content (AvgIpc) is 3.52. The molecule has 0 saturated heterocycles. The highest BCUT2D eigenvalue weighted by Crippen LogP contribution is 2.44. The Morgan fingerprint density at radius 3 is 2.68 bits per heavy atom. The number of thiazole rings is 1. The highest BCUT2D eigenvalue weighted by atomic mass is 32.1. The van der Waals surface area contributed by atoms with E-state index in [0.717, 1.165) is 4.70 Å². The Hall–Kier alpha value is -3.91. The van der Waals surface area contributed by atoms with Crippen LogP contribution >= 0.6 is 11.3 Å². The number of amides is 1. The standard InChI is InChI=1S/C23H16N2O5S/c1-29-14-9-10-15-17(12-14)31-23(24-15)25-19(13-6-3-2-4-7-13)18(21(27)22(25)28)20(26)16-8-5-11-30-16/h2-12,19,27H,1H3. The lowest BCUT2D eigenvalue weighted by Crippen LogP contribution is -2.30. The van der Waals surface area contributed by atoms with Gasteiger partial charge in [0.1, 0.15) is 5.75 Å². The number of methoxy groups -OCH3 is 1. The van der Waals surface area contributed by atoms with Crippen LogP contribution in [0, 0.1) is 0 Å². The molecule has 4 aromatic rings. The molecule has 7 nitrogen and oxygen atoms in total. The van der Waals surface area contributed by atoms with Gasteiger partial charge in [0.05, 0.1) is 35.2 Å². The Balaban J connectivity index is 1.66. The van der Waals surface area contributed by atoms with E-state index in [1.807, 2.05) is 24.3 Å². The molecule has 8 heteroatoms. The fraction of sp³-hybridized carbons (Fsp3) is 0.0870. The first-order valence-electron chi connectivity index (χ1n) is 9.43. The molecule has 2 aromatic heterocycles. The lowest BCUT2D eigenvalue weighted by Gasteiger charge is -2.24. The van der Waals surface area contributed by atoms with Crippen molar-refractivity contribution in [3.8, 4) is 5.75 Å². The first-order valence-corrected chi connectivity index (χ1v) is 10.2. The summed E-state index contributed by atoms with van der Waals surface area (Å²) in [5.74, 6) is -1.12. The molecule has 2 aromatic carbocycles. The fourth-order valence-electron chi connectivity index (χ4n) is 3.65. The maximum Gasteiger partial charge on any atom is 0.296 e. The van der Waals surface area contributed by atoms with Crippen LogP contribution in [-0.2, 0) is 4.79 Å². The molecule has 0 saturated carbocycles. The zero-order valence-electron chi connectivity index (χ0n) is 16.3. The van der Waals surface area contributed by atoms with Gasteiger partial charge in [-0.05, 0) is 35.9 Å². The van der Waals surface area contributed by atoms with Crippen LogP contribution in [-0.4, -0.2) is 28.9 Å². The second-order valence-electron chi connectivity index (χ2n) is 6.89. The van der Waals surface area contributed by atoms with Gasteiger partial charge in [0.25, 0.3) is 5.91 Å². The van der Waals surface area contributed by atoms with Crippen LogP contribution in [0.1, 0.15) is 22.2 Å². The van der Waals surface area contributed by atoms with E-state index in [1.54, 1.807) is 37.4 Å². The normalized spacial score (nSPS) is 16.4. The average molecular weight is 432 g/mol. The monoisotopic (exact) mass is 432 g/mol. The largest absolute Gasteiger partial charge is 0.503 e. The zero-order chi connectivity index (χ0) is 21.5. The van der Waals surface area contributed by atoms with Crippen LogP contribution in [0.15, 0.2) is 82.7 Å². The van der Waals surface area contributed by atoms with Crippen molar-refractivity contribution in [2.75, 3.05) is 12.0 Å². The molecule has 1 aliphatic rings. The predicted molar refractivity (Wildman–Crippen MR) is 116 cm³/mol. The quantitative estimate of drug-likeness (QED) is 0.460. The Labute approximate surface area is 180 Å². The van der Waals surface area contributed by atoms with E-state index < -0.39 is 23.5 Å². The number of anilines is 1. The number of hydrogen-bond acceptors (Lipinski definition) is 7. The molecule has 0 radical (unpaired) electrons. The molecule has 0 fully saturated rings. The van der Waals surface area contributed by atoms with Gasteiger partial charge in [0, 0.05) is 0 Å². The van der Waals surface area contributed by atoms with Gasteiger partial charge in [-0.25, -0.2) is 4.98 Å². The summed E-state index contributed by atoms with van der Waals surface area (Å²) in [6, 6.07) is 16.7. The van der Waals surface area contributed by atoms with Gasteiger partial charge in [0.15, 0.2) is 16.7 Å². The molecule has 0 aliphatic carbocycles. The summed E-state index contributed by atoms with van der Waals surface area (Å²) in [5, 5.41) is 11.1. The summed E-state index contributed by atoms with van der Waals surface area (Å²) in [6.07, 6.45) is 1.37. The zero-order valence-corrected chi connectivity index (χ0v) is 17.1. The summed E-state index contributed by atoms with van der Waals surface area (Å²) in [4.78, 5) is 32.2. The molecular weight excluding hydrogens is 416 g/mol. The Bertz CT molecular complexity index is 1320. The topological polar surface area (TPSA) is 92.9 Å². The molecule has 5 rings (SSSR count). The lowest BCUT2D eigenvalue weighted by atomic mass is 9.95. The van der Waals surface area contributed by atoms with Gasteiger partial charge in [-0.3, -0.25) is 14.5 Å². The number of aliphatic hydroxyl groups excluding tert-OH is 1. The number of fused-ring (bicyclic) bond motifs is 1. The summed E-state index contributed by atoms with van der Waals surface area (Å²) in [5.41, 5.74) is 1.32. The minimum Gasteiger partial charge on any atom is -0.503 e. The van der Waals surface area contributed by atoms with Crippen molar-refractivity contribution >= 4 is 38.4 Å². The molecule has 1 aliphatic heterocycles. The van der Waals surface area contributed by atoms with Crippen molar-refractivity contribution in [3.63, 3.8) is 0 Å². The summed E-state index contributed by atoms with van der Waals surface area (Å²) in [6.45, 7) is 0. The third-order valence-electron chi connectivity index (χ3n) is 5.10.